The van der Waals surface area contributed by atoms with Crippen LogP contribution in [0.4, 0.5) is 4.39 Å². The fourth-order valence-electron chi connectivity index (χ4n) is 1.79. The van der Waals surface area contributed by atoms with Crippen molar-refractivity contribution in [1.29, 1.82) is 0 Å². The van der Waals surface area contributed by atoms with Crippen molar-refractivity contribution in [2.24, 2.45) is 0 Å². The summed E-state index contributed by atoms with van der Waals surface area (Å²) in [5.74, 6) is -1.17. The van der Waals surface area contributed by atoms with E-state index in [1.807, 2.05) is 0 Å². The summed E-state index contributed by atoms with van der Waals surface area (Å²) in [4.78, 5) is 12.2. The number of carbonyl (C=O) groups excluding carboxylic acids is 1. The average Bonchev–Trinajstić information content (AvgIpc) is 2.40. The first-order valence-corrected chi connectivity index (χ1v) is 7.25. The maximum Gasteiger partial charge on any atom is 0.341 e. The van der Waals surface area contributed by atoms with Crippen LogP contribution in [0.25, 0.3) is 0 Å². The van der Waals surface area contributed by atoms with Crippen LogP contribution >= 0.6 is 12.6 Å². The van der Waals surface area contributed by atoms with Gasteiger partial charge in [0.2, 0.25) is 0 Å². The predicted octanol–water partition coefficient (Wildman–Crippen LogP) is 4.63. The SMILES string of the molecule is CCCCCCCCOC(=O)c1cc(S)ccc1F. The van der Waals surface area contributed by atoms with Gasteiger partial charge in [0.05, 0.1) is 12.2 Å². The monoisotopic (exact) mass is 284 g/mol. The van der Waals surface area contributed by atoms with E-state index in [1.54, 1.807) is 0 Å². The fraction of sp³-hybridized carbons (Fsp3) is 0.533. The van der Waals surface area contributed by atoms with Gasteiger partial charge in [0.25, 0.3) is 0 Å². The number of hydrogen-bond acceptors (Lipinski definition) is 3. The lowest BCUT2D eigenvalue weighted by Crippen LogP contribution is -2.08. The average molecular weight is 284 g/mol. The highest BCUT2D eigenvalue weighted by Gasteiger charge is 2.13. The molecule has 0 spiro atoms. The number of halogens is 1. The van der Waals surface area contributed by atoms with E-state index in [2.05, 4.69) is 19.6 Å². The van der Waals surface area contributed by atoms with Crippen LogP contribution in [0.1, 0.15) is 55.8 Å². The van der Waals surface area contributed by atoms with Crippen molar-refractivity contribution < 1.29 is 13.9 Å². The zero-order chi connectivity index (χ0) is 14.1. The summed E-state index contributed by atoms with van der Waals surface area (Å²) in [6, 6.07) is 4.12. The second kappa shape index (κ2) is 8.97. The molecule has 0 bridgehead atoms. The Kier molecular flexibility index (Phi) is 7.56. The van der Waals surface area contributed by atoms with E-state index in [9.17, 15) is 9.18 Å². The molecule has 0 unspecified atom stereocenters. The Morgan fingerprint density at radius 3 is 2.63 bits per heavy atom. The van der Waals surface area contributed by atoms with Crippen LogP contribution in [0.15, 0.2) is 23.1 Å². The Morgan fingerprint density at radius 1 is 1.21 bits per heavy atom. The Morgan fingerprint density at radius 2 is 1.89 bits per heavy atom. The fourth-order valence-corrected chi connectivity index (χ4v) is 2.00. The van der Waals surface area contributed by atoms with Gasteiger partial charge in [0.1, 0.15) is 5.82 Å². The second-order valence-electron chi connectivity index (χ2n) is 4.57. The molecular formula is C15H21FO2S. The standard InChI is InChI=1S/C15H21FO2S/c1-2-3-4-5-6-7-10-18-15(17)13-11-12(19)8-9-14(13)16/h8-9,11,19H,2-7,10H2,1H3. The van der Waals surface area contributed by atoms with E-state index in [4.69, 9.17) is 4.74 Å². The van der Waals surface area contributed by atoms with E-state index >= 15 is 0 Å². The molecule has 0 radical (unpaired) electrons. The highest BCUT2D eigenvalue weighted by Crippen LogP contribution is 2.15. The second-order valence-corrected chi connectivity index (χ2v) is 5.08. The summed E-state index contributed by atoms with van der Waals surface area (Å²) in [6.45, 7) is 2.52. The minimum Gasteiger partial charge on any atom is -0.462 e. The van der Waals surface area contributed by atoms with Gasteiger partial charge in [-0.2, -0.15) is 0 Å². The molecule has 2 nitrogen and oxygen atoms in total. The van der Waals surface area contributed by atoms with Crippen LogP contribution in [-0.4, -0.2) is 12.6 Å². The molecule has 0 aromatic heterocycles. The molecule has 0 aliphatic rings. The maximum absolute atomic E-state index is 13.4. The zero-order valence-electron chi connectivity index (χ0n) is 11.3. The van der Waals surface area contributed by atoms with Gasteiger partial charge in [-0.05, 0) is 24.6 Å². The van der Waals surface area contributed by atoms with Crippen LogP contribution in [0, 0.1) is 5.82 Å². The van der Waals surface area contributed by atoms with E-state index in [0.717, 1.165) is 19.3 Å². The summed E-state index contributed by atoms with van der Waals surface area (Å²) in [5.41, 5.74) is -0.0431. The lowest BCUT2D eigenvalue weighted by atomic mass is 10.1. The molecule has 0 saturated heterocycles. The lowest BCUT2D eigenvalue weighted by Gasteiger charge is -2.06. The quantitative estimate of drug-likeness (QED) is 0.428. The van der Waals surface area contributed by atoms with Gasteiger partial charge in [0, 0.05) is 4.90 Å². The maximum atomic E-state index is 13.4. The Balaban J connectivity index is 2.26. The molecule has 1 rings (SSSR count). The first-order chi connectivity index (χ1) is 9.15. The van der Waals surface area contributed by atoms with E-state index in [1.165, 1.54) is 37.5 Å². The van der Waals surface area contributed by atoms with Gasteiger partial charge in [-0.15, -0.1) is 12.6 Å². The molecule has 1 aromatic carbocycles. The van der Waals surface area contributed by atoms with Crippen LogP contribution < -0.4 is 0 Å². The van der Waals surface area contributed by atoms with Crippen molar-refractivity contribution >= 4 is 18.6 Å². The summed E-state index contributed by atoms with van der Waals surface area (Å²) >= 11 is 4.08. The van der Waals surface area contributed by atoms with Crippen molar-refractivity contribution in [3.8, 4) is 0 Å². The van der Waals surface area contributed by atoms with Crippen molar-refractivity contribution in [3.63, 3.8) is 0 Å². The number of hydrogen-bond donors (Lipinski definition) is 1. The topological polar surface area (TPSA) is 26.3 Å². The number of benzene rings is 1. The molecule has 4 heteroatoms. The van der Waals surface area contributed by atoms with Gasteiger partial charge in [0.15, 0.2) is 0 Å². The first kappa shape index (κ1) is 16.0. The van der Waals surface area contributed by atoms with Crippen LogP contribution in [0.2, 0.25) is 0 Å². The highest BCUT2D eigenvalue weighted by molar-refractivity contribution is 7.80. The molecule has 0 heterocycles. The minimum absolute atomic E-state index is 0.0431. The Bertz CT molecular complexity index is 407. The third-order valence-corrected chi connectivity index (χ3v) is 3.18. The number of carbonyl (C=O) groups is 1. The summed E-state index contributed by atoms with van der Waals surface area (Å²) < 4.78 is 18.5. The van der Waals surface area contributed by atoms with Crippen molar-refractivity contribution in [1.82, 2.24) is 0 Å². The smallest absolute Gasteiger partial charge is 0.341 e. The third-order valence-electron chi connectivity index (χ3n) is 2.90. The Hall–Kier alpha value is -1.03. The van der Waals surface area contributed by atoms with Gasteiger partial charge in [-0.25, -0.2) is 9.18 Å². The molecular weight excluding hydrogens is 263 g/mol. The van der Waals surface area contributed by atoms with Crippen molar-refractivity contribution in [2.75, 3.05) is 6.61 Å². The van der Waals surface area contributed by atoms with Crippen molar-refractivity contribution in [2.45, 2.75) is 50.3 Å². The van der Waals surface area contributed by atoms with E-state index < -0.39 is 11.8 Å². The van der Waals surface area contributed by atoms with Crippen LogP contribution in [0.3, 0.4) is 0 Å². The molecule has 106 valence electrons. The van der Waals surface area contributed by atoms with Gasteiger partial charge >= 0.3 is 5.97 Å². The largest absolute Gasteiger partial charge is 0.462 e. The van der Waals surface area contributed by atoms with Crippen LogP contribution in [0.5, 0.6) is 0 Å². The summed E-state index contributed by atoms with van der Waals surface area (Å²) in [5, 5.41) is 0. The molecule has 0 saturated carbocycles. The molecule has 1 aromatic rings. The minimum atomic E-state index is -0.609. The lowest BCUT2D eigenvalue weighted by molar-refractivity contribution is 0.0492. The number of rotatable bonds is 8. The molecule has 0 N–H and O–H groups in total. The first-order valence-electron chi connectivity index (χ1n) is 6.80. The predicted molar refractivity (Wildman–Crippen MR) is 77.3 cm³/mol. The summed E-state index contributed by atoms with van der Waals surface area (Å²) in [7, 11) is 0. The molecule has 0 fully saturated rings. The van der Waals surface area contributed by atoms with Crippen molar-refractivity contribution in [3.05, 3.63) is 29.6 Å². The molecule has 19 heavy (non-hydrogen) atoms. The van der Waals surface area contributed by atoms with E-state index in [0.29, 0.717) is 11.5 Å². The molecule has 0 amide bonds. The van der Waals surface area contributed by atoms with Gasteiger partial charge < -0.3 is 4.74 Å². The highest BCUT2D eigenvalue weighted by atomic mass is 32.1. The third kappa shape index (κ3) is 6.10. The Labute approximate surface area is 119 Å². The normalized spacial score (nSPS) is 10.5. The number of unbranched alkanes of at least 4 members (excludes halogenated alkanes) is 5. The summed E-state index contributed by atoms with van der Waals surface area (Å²) in [6.07, 6.45) is 6.72. The van der Waals surface area contributed by atoms with Gasteiger partial charge in [-0.1, -0.05) is 39.0 Å². The zero-order valence-corrected chi connectivity index (χ0v) is 12.2. The van der Waals surface area contributed by atoms with Crippen LogP contribution in [-0.2, 0) is 4.74 Å². The van der Waals surface area contributed by atoms with Gasteiger partial charge in [-0.3, -0.25) is 0 Å². The molecule has 0 aliphatic carbocycles. The number of thiol groups is 1. The number of ether oxygens (including phenoxy) is 1. The molecule has 0 aliphatic heterocycles. The molecule has 0 atom stereocenters. The number of esters is 1. The van der Waals surface area contributed by atoms with E-state index in [-0.39, 0.29) is 5.56 Å².